The number of rotatable bonds is 12. The number of esters is 1. The molecule has 0 bridgehead atoms. The highest BCUT2D eigenvalue weighted by Crippen LogP contribution is 2.29. The van der Waals surface area contributed by atoms with Crippen molar-refractivity contribution in [2.24, 2.45) is 0 Å². The number of carbonyl (C=O) groups is 4. The Labute approximate surface area is 199 Å². The molecule has 0 spiro atoms. The van der Waals surface area contributed by atoms with Crippen LogP contribution in [-0.2, 0) is 14.3 Å². The van der Waals surface area contributed by atoms with Gasteiger partial charge in [0, 0.05) is 46.2 Å². The molecule has 0 aliphatic rings. The van der Waals surface area contributed by atoms with E-state index in [0.717, 1.165) is 9.79 Å². The normalized spacial score (nSPS) is 11.0. The highest BCUT2D eigenvalue weighted by Gasteiger charge is 2.30. The molecule has 2 rings (SSSR count). The standard InChI is InChI=1S/C26H31NO5S/c1-5-25(31)32-17-24(30)20-10-14-22(15-11-20)33-21-12-8-19(9-13-21)23(29)16-26(6-2,7-3)27-18(4)28/h8-15H,5-7,16-17H2,1-4H3,(H,27,28). The Kier molecular flexibility index (Phi) is 9.85. The van der Waals surface area contributed by atoms with Crippen molar-refractivity contribution in [3.8, 4) is 0 Å². The summed E-state index contributed by atoms with van der Waals surface area (Å²) in [5.74, 6) is -0.781. The summed E-state index contributed by atoms with van der Waals surface area (Å²) in [6.45, 7) is 6.84. The van der Waals surface area contributed by atoms with E-state index in [1.165, 1.54) is 18.7 Å². The highest BCUT2D eigenvalue weighted by atomic mass is 32.2. The third-order valence-electron chi connectivity index (χ3n) is 5.53. The predicted octanol–water partition coefficient (Wildman–Crippen LogP) is 5.24. The molecule has 0 atom stereocenters. The molecule has 0 saturated heterocycles. The lowest BCUT2D eigenvalue weighted by molar-refractivity contribution is -0.142. The third-order valence-corrected chi connectivity index (χ3v) is 6.55. The van der Waals surface area contributed by atoms with E-state index in [2.05, 4.69) is 5.32 Å². The summed E-state index contributed by atoms with van der Waals surface area (Å²) in [6, 6.07) is 14.5. The Morgan fingerprint density at radius 2 is 1.30 bits per heavy atom. The minimum absolute atomic E-state index is 0.00404. The number of hydrogen-bond acceptors (Lipinski definition) is 6. The van der Waals surface area contributed by atoms with Crippen molar-refractivity contribution in [2.75, 3.05) is 6.61 Å². The average Bonchev–Trinajstić information content (AvgIpc) is 2.82. The zero-order chi connectivity index (χ0) is 24.4. The summed E-state index contributed by atoms with van der Waals surface area (Å²) >= 11 is 1.52. The van der Waals surface area contributed by atoms with Crippen LogP contribution in [0.5, 0.6) is 0 Å². The molecule has 0 aliphatic heterocycles. The number of hydrogen-bond donors (Lipinski definition) is 1. The number of carbonyl (C=O) groups excluding carboxylic acids is 4. The van der Waals surface area contributed by atoms with Gasteiger partial charge in [-0.05, 0) is 37.1 Å². The van der Waals surface area contributed by atoms with Crippen LogP contribution in [0, 0.1) is 0 Å². The molecule has 0 fully saturated rings. The summed E-state index contributed by atoms with van der Waals surface area (Å²) in [7, 11) is 0. The maximum atomic E-state index is 12.8. The lowest BCUT2D eigenvalue weighted by Crippen LogP contribution is -2.48. The van der Waals surface area contributed by atoms with Crippen LogP contribution in [0.2, 0.25) is 0 Å². The fourth-order valence-electron chi connectivity index (χ4n) is 3.39. The van der Waals surface area contributed by atoms with Gasteiger partial charge in [-0.3, -0.25) is 19.2 Å². The molecule has 176 valence electrons. The summed E-state index contributed by atoms with van der Waals surface area (Å²) < 4.78 is 4.89. The summed E-state index contributed by atoms with van der Waals surface area (Å²) in [6.07, 6.45) is 1.86. The molecular formula is C26H31NO5S. The molecule has 0 unspecified atom stereocenters. The molecular weight excluding hydrogens is 438 g/mol. The van der Waals surface area contributed by atoms with Gasteiger partial charge in [-0.1, -0.05) is 56.8 Å². The average molecular weight is 470 g/mol. The van der Waals surface area contributed by atoms with Crippen LogP contribution in [0.4, 0.5) is 0 Å². The first-order valence-corrected chi connectivity index (χ1v) is 11.9. The quantitative estimate of drug-likeness (QED) is 0.338. The molecule has 33 heavy (non-hydrogen) atoms. The van der Waals surface area contributed by atoms with Gasteiger partial charge in [0.25, 0.3) is 0 Å². The first kappa shape index (κ1) is 26.3. The van der Waals surface area contributed by atoms with E-state index in [4.69, 9.17) is 4.74 Å². The zero-order valence-electron chi connectivity index (χ0n) is 19.6. The van der Waals surface area contributed by atoms with Gasteiger partial charge >= 0.3 is 5.97 Å². The van der Waals surface area contributed by atoms with E-state index in [1.54, 1.807) is 31.2 Å². The molecule has 0 aromatic heterocycles. The first-order chi connectivity index (χ1) is 15.7. The molecule has 0 saturated carbocycles. The maximum Gasteiger partial charge on any atom is 0.305 e. The highest BCUT2D eigenvalue weighted by molar-refractivity contribution is 7.99. The largest absolute Gasteiger partial charge is 0.457 e. The van der Waals surface area contributed by atoms with Gasteiger partial charge in [0.05, 0.1) is 0 Å². The third kappa shape index (κ3) is 7.86. The minimum Gasteiger partial charge on any atom is -0.457 e. The molecule has 0 heterocycles. The Morgan fingerprint density at radius 1 is 0.818 bits per heavy atom. The minimum atomic E-state index is -0.523. The number of ketones is 2. The molecule has 0 aliphatic carbocycles. The Balaban J connectivity index is 2.00. The Morgan fingerprint density at radius 3 is 1.73 bits per heavy atom. The van der Waals surface area contributed by atoms with Crippen LogP contribution in [0.15, 0.2) is 58.3 Å². The summed E-state index contributed by atoms with van der Waals surface area (Å²) in [5.41, 5.74) is 0.571. The SMILES string of the molecule is CCC(=O)OCC(=O)c1ccc(Sc2ccc(C(=O)CC(CC)(CC)NC(C)=O)cc2)cc1. The molecule has 0 radical (unpaired) electrons. The second kappa shape index (κ2) is 12.3. The molecule has 1 N–H and O–H groups in total. The van der Waals surface area contributed by atoms with E-state index in [1.807, 2.05) is 38.1 Å². The number of amides is 1. The first-order valence-electron chi connectivity index (χ1n) is 11.1. The number of nitrogens with one attached hydrogen (secondary N) is 1. The van der Waals surface area contributed by atoms with E-state index in [0.29, 0.717) is 24.0 Å². The van der Waals surface area contributed by atoms with Gasteiger partial charge in [-0.2, -0.15) is 0 Å². The molecule has 2 aromatic carbocycles. The van der Waals surface area contributed by atoms with Gasteiger partial charge < -0.3 is 10.1 Å². The van der Waals surface area contributed by atoms with Crippen molar-refractivity contribution in [1.29, 1.82) is 0 Å². The maximum absolute atomic E-state index is 12.8. The van der Waals surface area contributed by atoms with E-state index in [9.17, 15) is 19.2 Å². The van der Waals surface area contributed by atoms with Gasteiger partial charge in [-0.25, -0.2) is 0 Å². The van der Waals surface area contributed by atoms with Crippen molar-refractivity contribution < 1.29 is 23.9 Å². The van der Waals surface area contributed by atoms with Crippen molar-refractivity contribution in [2.45, 2.75) is 68.7 Å². The van der Waals surface area contributed by atoms with Crippen LogP contribution in [0.25, 0.3) is 0 Å². The smallest absolute Gasteiger partial charge is 0.305 e. The van der Waals surface area contributed by atoms with Crippen LogP contribution < -0.4 is 5.32 Å². The van der Waals surface area contributed by atoms with Crippen molar-refractivity contribution >= 4 is 35.2 Å². The van der Waals surface area contributed by atoms with Crippen molar-refractivity contribution in [1.82, 2.24) is 5.32 Å². The van der Waals surface area contributed by atoms with Crippen LogP contribution >= 0.6 is 11.8 Å². The van der Waals surface area contributed by atoms with E-state index in [-0.39, 0.29) is 36.9 Å². The molecule has 6 nitrogen and oxygen atoms in total. The lowest BCUT2D eigenvalue weighted by Gasteiger charge is -2.32. The van der Waals surface area contributed by atoms with Gasteiger partial charge in [0.2, 0.25) is 5.91 Å². The zero-order valence-corrected chi connectivity index (χ0v) is 20.4. The second-order valence-electron chi connectivity index (χ2n) is 7.86. The molecule has 2 aromatic rings. The number of benzene rings is 2. The van der Waals surface area contributed by atoms with Gasteiger partial charge in [0.15, 0.2) is 18.2 Å². The summed E-state index contributed by atoms with van der Waals surface area (Å²) in [4.78, 5) is 49.6. The van der Waals surface area contributed by atoms with Crippen LogP contribution in [0.3, 0.4) is 0 Å². The number of Topliss-reactive ketones (excluding diaryl/α,β-unsaturated/α-hetero) is 2. The summed E-state index contributed by atoms with van der Waals surface area (Å²) in [5, 5.41) is 2.95. The van der Waals surface area contributed by atoms with Crippen molar-refractivity contribution in [3.05, 3.63) is 59.7 Å². The molecule has 1 amide bonds. The van der Waals surface area contributed by atoms with Gasteiger partial charge in [-0.15, -0.1) is 0 Å². The second-order valence-corrected chi connectivity index (χ2v) is 9.00. The van der Waals surface area contributed by atoms with E-state index < -0.39 is 11.5 Å². The Bertz CT molecular complexity index is 979. The predicted molar refractivity (Wildman–Crippen MR) is 129 cm³/mol. The van der Waals surface area contributed by atoms with Crippen LogP contribution in [0.1, 0.15) is 74.1 Å². The van der Waals surface area contributed by atoms with Crippen LogP contribution in [-0.4, -0.2) is 35.6 Å². The topological polar surface area (TPSA) is 89.5 Å². The van der Waals surface area contributed by atoms with Crippen molar-refractivity contribution in [3.63, 3.8) is 0 Å². The van der Waals surface area contributed by atoms with E-state index >= 15 is 0 Å². The fraction of sp³-hybridized carbons (Fsp3) is 0.385. The lowest BCUT2D eigenvalue weighted by atomic mass is 9.85. The molecule has 7 heteroatoms. The monoisotopic (exact) mass is 469 g/mol. The van der Waals surface area contributed by atoms with Gasteiger partial charge in [0.1, 0.15) is 0 Å². The fourth-order valence-corrected chi connectivity index (χ4v) is 4.21. The Hall–Kier alpha value is -2.93. The number of ether oxygens (including phenoxy) is 1.